The lowest BCUT2D eigenvalue weighted by molar-refractivity contribution is -0.167. The number of hydrogen-bond acceptors (Lipinski definition) is 2. The smallest absolute Gasteiger partial charge is 0.411 e. The molecule has 1 atom stereocenters. The van der Waals surface area contributed by atoms with E-state index in [-0.39, 0.29) is 6.61 Å². The van der Waals surface area contributed by atoms with Crippen LogP contribution in [0.25, 0.3) is 0 Å². The fraction of sp³-hybridized carbons (Fsp3) is 0.857. The van der Waals surface area contributed by atoms with E-state index in [9.17, 15) is 18.0 Å². The van der Waals surface area contributed by atoms with Gasteiger partial charge in [0.05, 0.1) is 6.61 Å². The highest BCUT2D eigenvalue weighted by Gasteiger charge is 2.44. The van der Waals surface area contributed by atoms with Crippen LogP contribution >= 0.6 is 15.9 Å². The molecule has 0 aromatic carbocycles. The van der Waals surface area contributed by atoms with E-state index in [4.69, 9.17) is 0 Å². The molecule has 2 nitrogen and oxygen atoms in total. The van der Waals surface area contributed by atoms with E-state index in [0.717, 1.165) is 6.42 Å². The van der Waals surface area contributed by atoms with Crippen LogP contribution in [0.5, 0.6) is 0 Å². The lowest BCUT2D eigenvalue weighted by Crippen LogP contribution is -2.32. The first-order valence-corrected chi connectivity index (χ1v) is 4.68. The second-order valence-electron chi connectivity index (χ2n) is 2.43. The fourth-order valence-electron chi connectivity index (χ4n) is 0.524. The second kappa shape index (κ2) is 5.47. The second-order valence-corrected chi connectivity index (χ2v) is 3.34. The van der Waals surface area contributed by atoms with Crippen molar-refractivity contribution in [2.75, 3.05) is 6.61 Å². The van der Waals surface area contributed by atoms with Gasteiger partial charge in [0.25, 0.3) is 0 Å². The Bertz CT molecular complexity index is 170. The lowest BCUT2D eigenvalue weighted by Gasteiger charge is -2.12. The van der Waals surface area contributed by atoms with Crippen LogP contribution in [0, 0.1) is 0 Å². The van der Waals surface area contributed by atoms with Crippen molar-refractivity contribution in [3.63, 3.8) is 0 Å². The van der Waals surface area contributed by atoms with Gasteiger partial charge in [0, 0.05) is 0 Å². The average Bonchev–Trinajstić information content (AvgIpc) is 2.01. The predicted molar refractivity (Wildman–Crippen MR) is 44.6 cm³/mol. The molecule has 78 valence electrons. The number of unbranched alkanes of at least 4 members (excludes halogenated alkanes) is 1. The standard InChI is InChI=1S/C7H10BrF3O2/c1-2-3-4-13-6(12)5(8)7(9,10)11/h5H,2-4H2,1H3. The Morgan fingerprint density at radius 3 is 2.46 bits per heavy atom. The summed E-state index contributed by atoms with van der Waals surface area (Å²) in [4.78, 5) is 8.46. The summed E-state index contributed by atoms with van der Waals surface area (Å²) in [7, 11) is 0. The van der Waals surface area contributed by atoms with Crippen molar-refractivity contribution in [1.82, 2.24) is 0 Å². The molecule has 1 unspecified atom stereocenters. The molecule has 0 spiro atoms. The molecular formula is C7H10BrF3O2. The van der Waals surface area contributed by atoms with E-state index in [2.05, 4.69) is 20.7 Å². The van der Waals surface area contributed by atoms with Gasteiger partial charge in [-0.3, -0.25) is 4.79 Å². The third-order valence-corrected chi connectivity index (χ3v) is 2.13. The number of esters is 1. The number of hydrogen-bond donors (Lipinski definition) is 0. The monoisotopic (exact) mass is 262 g/mol. The van der Waals surface area contributed by atoms with Gasteiger partial charge < -0.3 is 4.74 Å². The lowest BCUT2D eigenvalue weighted by atomic mass is 10.3. The fourth-order valence-corrected chi connectivity index (χ4v) is 0.656. The first-order chi connectivity index (χ1) is 5.89. The molecule has 6 heteroatoms. The van der Waals surface area contributed by atoms with E-state index >= 15 is 0 Å². The number of carbonyl (C=O) groups excluding carboxylic acids is 1. The molecule has 0 aliphatic carbocycles. The Labute approximate surface area is 82.6 Å². The van der Waals surface area contributed by atoms with Gasteiger partial charge in [-0.1, -0.05) is 29.3 Å². The van der Waals surface area contributed by atoms with Gasteiger partial charge in [-0.05, 0) is 6.42 Å². The number of carbonyl (C=O) groups is 1. The van der Waals surface area contributed by atoms with Crippen molar-refractivity contribution in [2.24, 2.45) is 0 Å². The maximum absolute atomic E-state index is 11.9. The zero-order chi connectivity index (χ0) is 10.5. The molecule has 0 fully saturated rings. The Hall–Kier alpha value is -0.260. The quantitative estimate of drug-likeness (QED) is 0.443. The van der Waals surface area contributed by atoms with Gasteiger partial charge in [-0.25, -0.2) is 0 Å². The molecule has 0 saturated heterocycles. The highest BCUT2D eigenvalue weighted by atomic mass is 79.9. The Balaban J connectivity index is 3.84. The van der Waals surface area contributed by atoms with Crippen molar-refractivity contribution in [1.29, 1.82) is 0 Å². The highest BCUT2D eigenvalue weighted by molar-refractivity contribution is 9.10. The SMILES string of the molecule is CCCCOC(=O)C(Br)C(F)(F)F. The van der Waals surface area contributed by atoms with Crippen LogP contribution in [-0.4, -0.2) is 23.6 Å². The van der Waals surface area contributed by atoms with Crippen LogP contribution in [0.1, 0.15) is 19.8 Å². The number of rotatable bonds is 4. The first-order valence-electron chi connectivity index (χ1n) is 3.77. The van der Waals surface area contributed by atoms with Crippen molar-refractivity contribution in [2.45, 2.75) is 30.8 Å². The van der Waals surface area contributed by atoms with E-state index in [1.165, 1.54) is 0 Å². The van der Waals surface area contributed by atoms with Crippen molar-refractivity contribution < 1.29 is 22.7 Å². The largest absolute Gasteiger partial charge is 0.465 e. The van der Waals surface area contributed by atoms with Crippen molar-refractivity contribution in [3.8, 4) is 0 Å². The molecule has 0 aliphatic heterocycles. The van der Waals surface area contributed by atoms with Crippen molar-refractivity contribution >= 4 is 21.9 Å². The number of halogens is 4. The van der Waals surface area contributed by atoms with E-state index in [1.807, 2.05) is 6.92 Å². The molecule has 13 heavy (non-hydrogen) atoms. The molecule has 0 aromatic heterocycles. The summed E-state index contributed by atoms with van der Waals surface area (Å²) < 4.78 is 39.9. The highest BCUT2D eigenvalue weighted by Crippen LogP contribution is 2.27. The summed E-state index contributed by atoms with van der Waals surface area (Å²) in [5.41, 5.74) is 0. The summed E-state index contributed by atoms with van der Waals surface area (Å²) in [5.74, 6) is -1.28. The minimum absolute atomic E-state index is 0.0352. The normalized spacial score (nSPS) is 13.9. The maximum Gasteiger partial charge on any atom is 0.411 e. The summed E-state index contributed by atoms with van der Waals surface area (Å²) in [6.07, 6.45) is -3.24. The van der Waals surface area contributed by atoms with Gasteiger partial charge >= 0.3 is 12.1 Å². The molecule has 0 saturated carbocycles. The van der Waals surface area contributed by atoms with Gasteiger partial charge in [0.2, 0.25) is 4.83 Å². The summed E-state index contributed by atoms with van der Waals surface area (Å²) in [5, 5.41) is 0. The Morgan fingerprint density at radius 2 is 2.08 bits per heavy atom. The maximum atomic E-state index is 11.9. The van der Waals surface area contributed by atoms with Gasteiger partial charge in [0.1, 0.15) is 0 Å². The number of ether oxygens (including phenoxy) is 1. The molecule has 0 bridgehead atoms. The van der Waals surface area contributed by atoms with Gasteiger partial charge in [-0.2, -0.15) is 13.2 Å². The molecule has 0 aromatic rings. The first kappa shape index (κ1) is 12.7. The zero-order valence-corrected chi connectivity index (χ0v) is 8.61. The zero-order valence-electron chi connectivity index (χ0n) is 7.03. The Morgan fingerprint density at radius 1 is 1.54 bits per heavy atom. The summed E-state index contributed by atoms with van der Waals surface area (Å²) >= 11 is 2.22. The molecule has 0 rings (SSSR count). The topological polar surface area (TPSA) is 26.3 Å². The molecule has 0 N–H and O–H groups in total. The molecule has 0 heterocycles. The van der Waals surface area contributed by atoms with Crippen LogP contribution in [-0.2, 0) is 9.53 Å². The number of alkyl halides is 4. The molecule has 0 aliphatic rings. The molecule has 0 radical (unpaired) electrons. The third kappa shape index (κ3) is 5.13. The Kier molecular flexibility index (Phi) is 5.36. The molecule has 0 amide bonds. The van der Waals surface area contributed by atoms with Crippen LogP contribution in [0.3, 0.4) is 0 Å². The minimum Gasteiger partial charge on any atom is -0.465 e. The summed E-state index contributed by atoms with van der Waals surface area (Å²) in [6, 6.07) is 0. The van der Waals surface area contributed by atoms with E-state index in [0.29, 0.717) is 6.42 Å². The minimum atomic E-state index is -4.58. The summed E-state index contributed by atoms with van der Waals surface area (Å²) in [6.45, 7) is 1.89. The van der Waals surface area contributed by atoms with Crippen LogP contribution in [0.15, 0.2) is 0 Å². The van der Waals surface area contributed by atoms with Gasteiger partial charge in [-0.15, -0.1) is 0 Å². The van der Waals surface area contributed by atoms with Crippen molar-refractivity contribution in [3.05, 3.63) is 0 Å². The predicted octanol–water partition coefficient (Wildman–Crippen LogP) is 2.66. The van der Waals surface area contributed by atoms with Crippen LogP contribution in [0.4, 0.5) is 13.2 Å². The van der Waals surface area contributed by atoms with E-state index < -0.39 is 17.0 Å². The third-order valence-electron chi connectivity index (χ3n) is 1.24. The average molecular weight is 263 g/mol. The van der Waals surface area contributed by atoms with Crippen LogP contribution in [0.2, 0.25) is 0 Å². The van der Waals surface area contributed by atoms with Gasteiger partial charge in [0.15, 0.2) is 0 Å². The molecular weight excluding hydrogens is 253 g/mol. The van der Waals surface area contributed by atoms with E-state index in [1.54, 1.807) is 0 Å². The van der Waals surface area contributed by atoms with Crippen LogP contribution < -0.4 is 0 Å².